The van der Waals surface area contributed by atoms with Gasteiger partial charge >= 0.3 is 0 Å². The van der Waals surface area contributed by atoms with Crippen LogP contribution in [0.3, 0.4) is 0 Å². The Balaban J connectivity index is 2.99. The number of aryl methyl sites for hydroxylation is 1. The van der Waals surface area contributed by atoms with E-state index in [0.717, 1.165) is 11.8 Å². The van der Waals surface area contributed by atoms with E-state index in [0.29, 0.717) is 22.9 Å². The summed E-state index contributed by atoms with van der Waals surface area (Å²) in [5.74, 6) is -0.447. The first-order chi connectivity index (χ1) is 7.54. The van der Waals surface area contributed by atoms with Crippen molar-refractivity contribution in [1.29, 1.82) is 0 Å². The second-order valence-electron chi connectivity index (χ2n) is 3.72. The molecule has 0 saturated carbocycles. The van der Waals surface area contributed by atoms with Crippen LogP contribution in [0.1, 0.15) is 18.2 Å². The van der Waals surface area contributed by atoms with E-state index in [1.165, 1.54) is 6.07 Å². The third-order valence-corrected chi connectivity index (χ3v) is 2.98. The van der Waals surface area contributed by atoms with Crippen LogP contribution in [0, 0.1) is 12.7 Å². The second-order valence-corrected chi connectivity index (χ2v) is 4.13. The van der Waals surface area contributed by atoms with Gasteiger partial charge < -0.3 is 4.98 Å². The second kappa shape index (κ2) is 3.91. The van der Waals surface area contributed by atoms with E-state index >= 15 is 0 Å². The lowest BCUT2D eigenvalue weighted by atomic mass is 10.1. The molecule has 84 valence electrons. The van der Waals surface area contributed by atoms with Crippen molar-refractivity contribution in [2.75, 3.05) is 0 Å². The van der Waals surface area contributed by atoms with Gasteiger partial charge in [-0.2, -0.15) is 0 Å². The lowest BCUT2D eigenvalue weighted by Gasteiger charge is -2.07. The van der Waals surface area contributed by atoms with Gasteiger partial charge in [-0.25, -0.2) is 4.39 Å². The van der Waals surface area contributed by atoms with Crippen LogP contribution in [0.25, 0.3) is 10.9 Å². The Morgan fingerprint density at radius 1 is 1.44 bits per heavy atom. The topological polar surface area (TPSA) is 32.9 Å². The summed E-state index contributed by atoms with van der Waals surface area (Å²) in [7, 11) is 0. The first kappa shape index (κ1) is 11.1. The first-order valence-corrected chi connectivity index (χ1v) is 5.43. The number of H-pyrrole nitrogens is 1. The van der Waals surface area contributed by atoms with Crippen molar-refractivity contribution < 1.29 is 4.39 Å². The molecule has 0 aliphatic carbocycles. The summed E-state index contributed by atoms with van der Waals surface area (Å²) in [6, 6.07) is 2.45. The summed E-state index contributed by atoms with van der Waals surface area (Å²) in [6.07, 6.45) is 0.630. The van der Waals surface area contributed by atoms with E-state index in [1.807, 2.05) is 6.92 Å². The minimum Gasteiger partial charge on any atom is -0.358 e. The Bertz CT molecular complexity index is 618. The Hall–Kier alpha value is -1.35. The van der Waals surface area contributed by atoms with E-state index < -0.39 is 5.82 Å². The fraction of sp³-hybridized carbons (Fsp3) is 0.250. The third-order valence-electron chi connectivity index (χ3n) is 2.68. The molecule has 2 nitrogen and oxygen atoms in total. The molecule has 16 heavy (non-hydrogen) atoms. The van der Waals surface area contributed by atoms with Crippen molar-refractivity contribution >= 4 is 22.5 Å². The minimum absolute atomic E-state index is 0.112. The van der Waals surface area contributed by atoms with Gasteiger partial charge in [0.25, 0.3) is 0 Å². The lowest BCUT2D eigenvalue weighted by Crippen LogP contribution is -2.13. The molecule has 0 atom stereocenters. The molecular formula is C12H11ClFNO. The summed E-state index contributed by atoms with van der Waals surface area (Å²) in [4.78, 5) is 15.1. The fourth-order valence-corrected chi connectivity index (χ4v) is 2.22. The van der Waals surface area contributed by atoms with Crippen LogP contribution in [-0.4, -0.2) is 4.98 Å². The monoisotopic (exact) mass is 239 g/mol. The van der Waals surface area contributed by atoms with Gasteiger partial charge in [0.1, 0.15) is 5.82 Å². The maximum absolute atomic E-state index is 13.1. The van der Waals surface area contributed by atoms with Crippen LogP contribution in [-0.2, 0) is 6.42 Å². The number of hydrogen-bond acceptors (Lipinski definition) is 1. The highest BCUT2D eigenvalue weighted by molar-refractivity contribution is 6.35. The van der Waals surface area contributed by atoms with Gasteiger partial charge in [-0.15, -0.1) is 0 Å². The number of nitrogens with one attached hydrogen (secondary N) is 1. The maximum atomic E-state index is 13.1. The smallest absolute Gasteiger partial charge is 0.194 e. The average Bonchev–Trinajstić information content (AvgIpc) is 2.15. The van der Waals surface area contributed by atoms with Crippen LogP contribution in [0.4, 0.5) is 4.39 Å². The van der Waals surface area contributed by atoms with Gasteiger partial charge in [0, 0.05) is 11.3 Å². The number of hydrogen-bond donors (Lipinski definition) is 1. The summed E-state index contributed by atoms with van der Waals surface area (Å²) in [6.45, 7) is 3.71. The lowest BCUT2D eigenvalue weighted by molar-refractivity contribution is 0.629. The van der Waals surface area contributed by atoms with E-state index in [1.54, 1.807) is 6.92 Å². The Kier molecular flexibility index (Phi) is 2.72. The zero-order valence-corrected chi connectivity index (χ0v) is 9.78. The summed E-state index contributed by atoms with van der Waals surface area (Å²) in [5, 5.41) is 0.525. The minimum atomic E-state index is -0.447. The number of aromatic nitrogens is 1. The molecule has 0 spiro atoms. The molecular weight excluding hydrogens is 229 g/mol. The Labute approximate surface area is 97.1 Å². The highest BCUT2D eigenvalue weighted by atomic mass is 35.5. The number of halogens is 2. The number of rotatable bonds is 1. The average molecular weight is 240 g/mol. The molecule has 2 rings (SSSR count). The molecule has 1 aromatic heterocycles. The number of aromatic amines is 1. The zero-order chi connectivity index (χ0) is 11.9. The number of pyridine rings is 1. The van der Waals surface area contributed by atoms with Crippen LogP contribution in [0.15, 0.2) is 16.9 Å². The van der Waals surface area contributed by atoms with Gasteiger partial charge in [0.15, 0.2) is 5.43 Å². The van der Waals surface area contributed by atoms with E-state index in [4.69, 9.17) is 11.6 Å². The van der Waals surface area contributed by atoms with Gasteiger partial charge in [0.05, 0.1) is 15.9 Å². The Morgan fingerprint density at radius 3 is 2.75 bits per heavy atom. The van der Waals surface area contributed by atoms with Crippen molar-refractivity contribution in [3.63, 3.8) is 0 Å². The zero-order valence-electron chi connectivity index (χ0n) is 9.03. The fourth-order valence-electron chi connectivity index (χ4n) is 1.93. The highest BCUT2D eigenvalue weighted by Gasteiger charge is 2.11. The predicted molar refractivity (Wildman–Crippen MR) is 63.7 cm³/mol. The molecule has 0 aliphatic rings. The van der Waals surface area contributed by atoms with Crippen LogP contribution in [0.2, 0.25) is 5.02 Å². The van der Waals surface area contributed by atoms with E-state index in [-0.39, 0.29) is 10.5 Å². The molecule has 1 N–H and O–H groups in total. The Morgan fingerprint density at radius 2 is 2.12 bits per heavy atom. The van der Waals surface area contributed by atoms with E-state index in [9.17, 15) is 9.18 Å². The normalized spacial score (nSPS) is 11.0. The SMILES string of the molecule is CCc1c(C)[nH]c2cc(F)cc(Cl)c2c1=O. The van der Waals surface area contributed by atoms with Gasteiger partial charge in [-0.05, 0) is 25.5 Å². The molecule has 0 unspecified atom stereocenters. The van der Waals surface area contributed by atoms with Gasteiger partial charge in [0.2, 0.25) is 0 Å². The number of benzene rings is 1. The summed E-state index contributed by atoms with van der Waals surface area (Å²) < 4.78 is 13.1. The van der Waals surface area contributed by atoms with Crippen molar-refractivity contribution in [2.24, 2.45) is 0 Å². The first-order valence-electron chi connectivity index (χ1n) is 5.05. The van der Waals surface area contributed by atoms with Crippen molar-refractivity contribution in [3.05, 3.63) is 44.5 Å². The third kappa shape index (κ3) is 1.61. The maximum Gasteiger partial charge on any atom is 0.194 e. The molecule has 0 bridgehead atoms. The summed E-state index contributed by atoms with van der Waals surface area (Å²) in [5.41, 5.74) is 1.80. The molecule has 2 aromatic rings. The van der Waals surface area contributed by atoms with Gasteiger partial charge in [-0.3, -0.25) is 4.79 Å². The van der Waals surface area contributed by atoms with Crippen molar-refractivity contribution in [2.45, 2.75) is 20.3 Å². The van der Waals surface area contributed by atoms with Crippen LogP contribution in [0.5, 0.6) is 0 Å². The van der Waals surface area contributed by atoms with Gasteiger partial charge in [-0.1, -0.05) is 18.5 Å². The van der Waals surface area contributed by atoms with Crippen LogP contribution < -0.4 is 5.43 Å². The summed E-state index contributed by atoms with van der Waals surface area (Å²) >= 11 is 5.89. The molecule has 1 aromatic carbocycles. The van der Waals surface area contributed by atoms with Crippen molar-refractivity contribution in [1.82, 2.24) is 4.98 Å². The molecule has 4 heteroatoms. The highest BCUT2D eigenvalue weighted by Crippen LogP contribution is 2.22. The molecule has 0 amide bonds. The molecule has 0 fully saturated rings. The standard InChI is InChI=1S/C12H11ClFNO/c1-3-8-6(2)15-10-5-7(14)4-9(13)11(10)12(8)16/h4-5H,3H2,1-2H3,(H,15,16). The number of fused-ring (bicyclic) bond motifs is 1. The van der Waals surface area contributed by atoms with Crippen LogP contribution >= 0.6 is 11.6 Å². The molecule has 0 aliphatic heterocycles. The van der Waals surface area contributed by atoms with Crippen molar-refractivity contribution in [3.8, 4) is 0 Å². The van der Waals surface area contributed by atoms with E-state index in [2.05, 4.69) is 4.98 Å². The molecule has 1 heterocycles. The predicted octanol–water partition coefficient (Wildman–Crippen LogP) is 3.19. The molecule has 0 radical (unpaired) electrons. The molecule has 0 saturated heterocycles. The largest absolute Gasteiger partial charge is 0.358 e. The quantitative estimate of drug-likeness (QED) is 0.815.